The minimum absolute atomic E-state index is 0.485. The Hall–Kier alpha value is -0.820. The van der Waals surface area contributed by atoms with Gasteiger partial charge in [-0.05, 0) is 37.2 Å². The molecular weight excluding hydrogens is 244 g/mol. The van der Waals surface area contributed by atoms with E-state index in [0.29, 0.717) is 5.92 Å². The molecule has 2 saturated carbocycles. The molecule has 2 aliphatic carbocycles. The van der Waals surface area contributed by atoms with Crippen LogP contribution in [-0.4, -0.2) is 5.11 Å². The van der Waals surface area contributed by atoms with Gasteiger partial charge in [0.15, 0.2) is 0 Å². The molecule has 3 rings (SSSR count). The molecular formula is C19H28O. The Morgan fingerprint density at radius 2 is 1.75 bits per heavy atom. The van der Waals surface area contributed by atoms with Crippen molar-refractivity contribution in [3.63, 3.8) is 0 Å². The van der Waals surface area contributed by atoms with Crippen molar-refractivity contribution in [2.24, 2.45) is 11.8 Å². The Kier molecular flexibility index (Phi) is 4.16. The number of hydrogen-bond donors (Lipinski definition) is 1. The Morgan fingerprint density at radius 3 is 2.50 bits per heavy atom. The standard InChI is InChI=1S/C19H28O/c1-15-8-7-11-17(14-15)19(20)13-6-5-12-18(19)16-9-3-2-4-10-16/h7-8,11,14,16,18,20H,2-6,9-10,12-13H2,1H3. The largest absolute Gasteiger partial charge is 0.385 e. The highest BCUT2D eigenvalue weighted by atomic mass is 16.3. The summed E-state index contributed by atoms with van der Waals surface area (Å²) in [6.45, 7) is 2.13. The smallest absolute Gasteiger partial charge is 0.0927 e. The van der Waals surface area contributed by atoms with Crippen LogP contribution in [0.5, 0.6) is 0 Å². The van der Waals surface area contributed by atoms with E-state index in [1.54, 1.807) is 0 Å². The Balaban J connectivity index is 1.90. The molecule has 2 unspecified atom stereocenters. The molecule has 2 atom stereocenters. The van der Waals surface area contributed by atoms with Crippen molar-refractivity contribution in [3.05, 3.63) is 35.4 Å². The lowest BCUT2D eigenvalue weighted by Gasteiger charge is -2.45. The monoisotopic (exact) mass is 272 g/mol. The van der Waals surface area contributed by atoms with E-state index in [1.165, 1.54) is 62.5 Å². The molecule has 1 aromatic carbocycles. The molecule has 0 aliphatic heterocycles. The first-order chi connectivity index (χ1) is 9.70. The van der Waals surface area contributed by atoms with E-state index in [0.717, 1.165) is 12.3 Å². The molecule has 0 heterocycles. The maximum Gasteiger partial charge on any atom is 0.0927 e. The molecule has 0 aromatic heterocycles. The number of benzene rings is 1. The summed E-state index contributed by atoms with van der Waals surface area (Å²) < 4.78 is 0. The molecule has 2 aliphatic rings. The van der Waals surface area contributed by atoms with E-state index in [1.807, 2.05) is 0 Å². The van der Waals surface area contributed by atoms with Gasteiger partial charge in [-0.3, -0.25) is 0 Å². The van der Waals surface area contributed by atoms with Crippen LogP contribution in [0.1, 0.15) is 68.9 Å². The molecule has 110 valence electrons. The van der Waals surface area contributed by atoms with Gasteiger partial charge in [0.1, 0.15) is 0 Å². The molecule has 1 heteroatoms. The van der Waals surface area contributed by atoms with Crippen molar-refractivity contribution in [2.75, 3.05) is 0 Å². The summed E-state index contributed by atoms with van der Waals surface area (Å²) in [6.07, 6.45) is 11.4. The second kappa shape index (κ2) is 5.89. The van der Waals surface area contributed by atoms with Gasteiger partial charge < -0.3 is 5.11 Å². The number of hydrogen-bond acceptors (Lipinski definition) is 1. The lowest BCUT2D eigenvalue weighted by Crippen LogP contribution is -2.42. The third-order valence-electron chi connectivity index (χ3n) is 5.67. The maximum atomic E-state index is 11.5. The highest BCUT2D eigenvalue weighted by Gasteiger charge is 2.44. The molecule has 0 amide bonds. The zero-order valence-corrected chi connectivity index (χ0v) is 12.8. The van der Waals surface area contributed by atoms with Gasteiger partial charge >= 0.3 is 0 Å². The Labute approximate surface area is 123 Å². The molecule has 1 aromatic rings. The van der Waals surface area contributed by atoms with E-state index in [2.05, 4.69) is 31.2 Å². The molecule has 0 saturated heterocycles. The fourth-order valence-electron chi connectivity index (χ4n) is 4.62. The van der Waals surface area contributed by atoms with Gasteiger partial charge in [0.05, 0.1) is 5.60 Å². The summed E-state index contributed by atoms with van der Waals surface area (Å²) in [4.78, 5) is 0. The van der Waals surface area contributed by atoms with E-state index in [-0.39, 0.29) is 0 Å². The highest BCUT2D eigenvalue weighted by molar-refractivity contribution is 5.29. The Bertz CT molecular complexity index is 447. The quantitative estimate of drug-likeness (QED) is 0.807. The van der Waals surface area contributed by atoms with Crippen LogP contribution in [0.2, 0.25) is 0 Å². The lowest BCUT2D eigenvalue weighted by atomic mass is 9.63. The minimum Gasteiger partial charge on any atom is -0.385 e. The molecule has 0 bridgehead atoms. The minimum atomic E-state index is -0.563. The van der Waals surface area contributed by atoms with Gasteiger partial charge in [0, 0.05) is 0 Å². The third-order valence-corrected chi connectivity index (χ3v) is 5.67. The first kappa shape index (κ1) is 14.1. The predicted octanol–water partition coefficient (Wildman–Crippen LogP) is 4.95. The SMILES string of the molecule is Cc1cccc(C2(O)CCCCC2C2CCCCC2)c1. The highest BCUT2D eigenvalue weighted by Crippen LogP contribution is 2.48. The molecule has 0 spiro atoms. The van der Waals surface area contributed by atoms with Crippen molar-refractivity contribution in [3.8, 4) is 0 Å². The van der Waals surface area contributed by atoms with Crippen molar-refractivity contribution < 1.29 is 5.11 Å². The van der Waals surface area contributed by atoms with E-state index in [9.17, 15) is 5.11 Å². The number of rotatable bonds is 2. The third kappa shape index (κ3) is 2.65. The summed E-state index contributed by atoms with van der Waals surface area (Å²) in [5.74, 6) is 1.23. The molecule has 0 radical (unpaired) electrons. The van der Waals surface area contributed by atoms with Gasteiger partial charge in [0.25, 0.3) is 0 Å². The molecule has 1 N–H and O–H groups in total. The zero-order chi connectivity index (χ0) is 14.0. The van der Waals surface area contributed by atoms with Crippen LogP contribution in [0, 0.1) is 18.8 Å². The number of aryl methyl sites for hydroxylation is 1. The van der Waals surface area contributed by atoms with Crippen LogP contribution >= 0.6 is 0 Å². The van der Waals surface area contributed by atoms with Crippen molar-refractivity contribution in [1.82, 2.24) is 0 Å². The van der Waals surface area contributed by atoms with Crippen LogP contribution in [0.15, 0.2) is 24.3 Å². The van der Waals surface area contributed by atoms with E-state index < -0.39 is 5.60 Å². The van der Waals surface area contributed by atoms with Crippen molar-refractivity contribution >= 4 is 0 Å². The summed E-state index contributed by atoms with van der Waals surface area (Å²) in [5.41, 5.74) is 1.88. The molecule has 20 heavy (non-hydrogen) atoms. The number of aliphatic hydroxyl groups is 1. The summed E-state index contributed by atoms with van der Waals surface area (Å²) in [6, 6.07) is 8.59. The first-order valence-corrected chi connectivity index (χ1v) is 8.50. The molecule has 2 fully saturated rings. The van der Waals surface area contributed by atoms with E-state index >= 15 is 0 Å². The van der Waals surface area contributed by atoms with Gasteiger partial charge in [-0.15, -0.1) is 0 Å². The zero-order valence-electron chi connectivity index (χ0n) is 12.8. The fraction of sp³-hybridized carbons (Fsp3) is 0.684. The normalized spacial score (nSPS) is 32.2. The topological polar surface area (TPSA) is 20.2 Å². The average molecular weight is 272 g/mol. The van der Waals surface area contributed by atoms with Gasteiger partial charge in [0.2, 0.25) is 0 Å². The summed E-state index contributed by atoms with van der Waals surface area (Å²) >= 11 is 0. The summed E-state index contributed by atoms with van der Waals surface area (Å²) in [5, 5.41) is 11.5. The van der Waals surface area contributed by atoms with Crippen LogP contribution in [0.4, 0.5) is 0 Å². The fourth-order valence-corrected chi connectivity index (χ4v) is 4.62. The Morgan fingerprint density at radius 1 is 1.00 bits per heavy atom. The lowest BCUT2D eigenvalue weighted by molar-refractivity contribution is -0.0835. The second-order valence-corrected chi connectivity index (χ2v) is 7.04. The van der Waals surface area contributed by atoms with Crippen LogP contribution in [0.25, 0.3) is 0 Å². The van der Waals surface area contributed by atoms with Crippen LogP contribution < -0.4 is 0 Å². The van der Waals surface area contributed by atoms with Crippen molar-refractivity contribution in [1.29, 1.82) is 0 Å². The van der Waals surface area contributed by atoms with Crippen molar-refractivity contribution in [2.45, 2.75) is 70.3 Å². The summed E-state index contributed by atoms with van der Waals surface area (Å²) in [7, 11) is 0. The first-order valence-electron chi connectivity index (χ1n) is 8.50. The second-order valence-electron chi connectivity index (χ2n) is 7.04. The van der Waals surface area contributed by atoms with E-state index in [4.69, 9.17) is 0 Å². The maximum absolute atomic E-state index is 11.5. The van der Waals surface area contributed by atoms with Crippen LogP contribution in [0.3, 0.4) is 0 Å². The van der Waals surface area contributed by atoms with Gasteiger partial charge in [-0.1, -0.05) is 74.8 Å². The molecule has 1 nitrogen and oxygen atoms in total. The van der Waals surface area contributed by atoms with Gasteiger partial charge in [-0.25, -0.2) is 0 Å². The predicted molar refractivity (Wildman–Crippen MR) is 83.6 cm³/mol. The average Bonchev–Trinajstić information content (AvgIpc) is 2.49. The van der Waals surface area contributed by atoms with Crippen LogP contribution in [-0.2, 0) is 5.60 Å². The van der Waals surface area contributed by atoms with Gasteiger partial charge in [-0.2, -0.15) is 0 Å².